The molecule has 3 aromatic rings. The summed E-state index contributed by atoms with van der Waals surface area (Å²) in [6.07, 6.45) is 1.37. The van der Waals surface area contributed by atoms with Crippen LogP contribution in [0.4, 0.5) is 0 Å². The molecule has 0 amide bonds. The molecule has 3 N–H and O–H groups in total. The summed E-state index contributed by atoms with van der Waals surface area (Å²) >= 11 is 4.88. The summed E-state index contributed by atoms with van der Waals surface area (Å²) in [5.41, 5.74) is 11.8. The van der Waals surface area contributed by atoms with Crippen molar-refractivity contribution in [1.82, 2.24) is 10.4 Å². The molecule has 0 aliphatic heterocycles. The van der Waals surface area contributed by atoms with Crippen LogP contribution in [0.15, 0.2) is 39.9 Å². The highest BCUT2D eigenvalue weighted by Gasteiger charge is 2.36. The Morgan fingerprint density at radius 3 is 2.77 bits per heavy atom. The van der Waals surface area contributed by atoms with Crippen molar-refractivity contribution >= 4 is 39.9 Å². The van der Waals surface area contributed by atoms with Gasteiger partial charge in [0.05, 0.1) is 5.71 Å². The van der Waals surface area contributed by atoms with Crippen LogP contribution in [0.2, 0.25) is 0 Å². The molecule has 2 aromatic heterocycles. The van der Waals surface area contributed by atoms with E-state index in [2.05, 4.69) is 29.4 Å². The van der Waals surface area contributed by atoms with Crippen LogP contribution in [-0.2, 0) is 6.42 Å². The summed E-state index contributed by atoms with van der Waals surface area (Å²) in [5, 5.41) is 5.34. The van der Waals surface area contributed by atoms with Crippen LogP contribution in [0.3, 0.4) is 0 Å². The van der Waals surface area contributed by atoms with Crippen molar-refractivity contribution in [2.24, 2.45) is 16.3 Å². The second-order valence-electron chi connectivity index (χ2n) is 8.58. The average Bonchev–Trinajstić information content (AvgIpc) is 3.01. The summed E-state index contributed by atoms with van der Waals surface area (Å²) in [6, 6.07) is 9.35. The van der Waals surface area contributed by atoms with Gasteiger partial charge >= 0.3 is 5.97 Å². The summed E-state index contributed by atoms with van der Waals surface area (Å²) < 4.78 is 11.7. The number of aryl methyl sites for hydroxylation is 1. The van der Waals surface area contributed by atoms with Crippen molar-refractivity contribution in [1.29, 1.82) is 0 Å². The maximum absolute atomic E-state index is 13.1. The number of hydrogen-bond donors (Lipinski definition) is 2. The topological polar surface area (TPSA) is 103 Å². The maximum Gasteiger partial charge on any atom is 0.380 e. The first-order chi connectivity index (χ1) is 14.6. The molecular formula is C23H24N4O3S. The number of rotatable bonds is 3. The molecule has 0 saturated heterocycles. The van der Waals surface area contributed by atoms with Crippen molar-refractivity contribution in [3.63, 3.8) is 0 Å². The van der Waals surface area contributed by atoms with E-state index in [0.29, 0.717) is 35.4 Å². The van der Waals surface area contributed by atoms with Crippen molar-refractivity contribution in [2.45, 2.75) is 40.5 Å². The minimum absolute atomic E-state index is 0.0805. The Bertz CT molecular complexity index is 1240. The molecule has 0 radical (unpaired) electrons. The molecule has 160 valence electrons. The van der Waals surface area contributed by atoms with Gasteiger partial charge < -0.3 is 14.9 Å². The van der Waals surface area contributed by atoms with Gasteiger partial charge in [-0.2, -0.15) is 5.10 Å². The number of ether oxygens (including phenoxy) is 1. The number of para-hydroxylation sites is 1. The zero-order chi connectivity index (χ0) is 22.3. The molecule has 0 fully saturated rings. The van der Waals surface area contributed by atoms with Gasteiger partial charge in [-0.3, -0.25) is 5.43 Å². The number of nitrogens with two attached hydrogens (primary N) is 1. The molecule has 7 nitrogen and oxygen atoms in total. The van der Waals surface area contributed by atoms with Gasteiger partial charge in [0.15, 0.2) is 10.9 Å². The number of esters is 1. The first kappa shape index (κ1) is 21.0. The summed E-state index contributed by atoms with van der Waals surface area (Å²) in [4.78, 5) is 17.6. The fraction of sp³-hybridized carbons (Fsp3) is 0.304. The third-order valence-electron chi connectivity index (χ3n) is 5.30. The van der Waals surface area contributed by atoms with Gasteiger partial charge in [-0.15, -0.1) is 0 Å². The Morgan fingerprint density at radius 1 is 1.26 bits per heavy atom. The van der Waals surface area contributed by atoms with E-state index in [1.807, 2.05) is 38.1 Å². The van der Waals surface area contributed by atoms with Crippen LogP contribution in [0.5, 0.6) is 5.75 Å². The molecule has 1 aliphatic rings. The summed E-state index contributed by atoms with van der Waals surface area (Å²) in [5.74, 6) is 0.693. The molecule has 8 heteroatoms. The van der Waals surface area contributed by atoms with Crippen LogP contribution in [0, 0.1) is 19.3 Å². The Hall–Kier alpha value is -3.26. The van der Waals surface area contributed by atoms with E-state index in [1.54, 1.807) is 6.07 Å². The molecule has 0 bridgehead atoms. The van der Waals surface area contributed by atoms with Crippen molar-refractivity contribution in [2.75, 3.05) is 0 Å². The van der Waals surface area contributed by atoms with Gasteiger partial charge in [-0.05, 0) is 50.0 Å². The van der Waals surface area contributed by atoms with Gasteiger partial charge in [0.1, 0.15) is 11.3 Å². The molecule has 1 aliphatic carbocycles. The molecule has 0 saturated carbocycles. The Balaban J connectivity index is 1.72. The SMILES string of the molecule is Cc1ccc2cccc(OC(=O)c3oc4c(c3C)/C(=N\NC(N)=S)CC(C)(C)C4)c2n1. The van der Waals surface area contributed by atoms with Gasteiger partial charge in [-0.25, -0.2) is 9.78 Å². The van der Waals surface area contributed by atoms with Crippen LogP contribution < -0.4 is 15.9 Å². The molecule has 0 atom stereocenters. The number of hydrazone groups is 1. The van der Waals surface area contributed by atoms with Crippen LogP contribution in [0.1, 0.15) is 53.4 Å². The number of carbonyl (C=O) groups excluding carboxylic acids is 1. The van der Waals surface area contributed by atoms with E-state index in [4.69, 9.17) is 27.1 Å². The smallest absolute Gasteiger partial charge is 0.380 e. The largest absolute Gasteiger partial charge is 0.453 e. The number of carbonyl (C=O) groups is 1. The minimum Gasteiger partial charge on any atom is -0.453 e. The average molecular weight is 437 g/mol. The van der Waals surface area contributed by atoms with E-state index in [-0.39, 0.29) is 16.3 Å². The predicted octanol–water partition coefficient (Wildman–Crippen LogP) is 4.17. The van der Waals surface area contributed by atoms with Gasteiger partial charge in [-0.1, -0.05) is 32.0 Å². The fourth-order valence-corrected chi connectivity index (χ4v) is 4.02. The van der Waals surface area contributed by atoms with E-state index in [9.17, 15) is 4.79 Å². The molecular weight excluding hydrogens is 412 g/mol. The quantitative estimate of drug-likeness (QED) is 0.275. The lowest BCUT2D eigenvalue weighted by Gasteiger charge is -2.29. The molecule has 4 rings (SSSR count). The van der Waals surface area contributed by atoms with E-state index < -0.39 is 5.97 Å². The van der Waals surface area contributed by atoms with E-state index in [0.717, 1.165) is 22.4 Å². The number of nitrogens with one attached hydrogen (secondary N) is 1. The van der Waals surface area contributed by atoms with Gasteiger partial charge in [0.2, 0.25) is 5.76 Å². The maximum atomic E-state index is 13.1. The number of benzene rings is 1. The van der Waals surface area contributed by atoms with Crippen molar-refractivity contribution in [3.05, 3.63) is 58.7 Å². The zero-order valence-corrected chi connectivity index (χ0v) is 18.7. The van der Waals surface area contributed by atoms with Crippen molar-refractivity contribution < 1.29 is 13.9 Å². The van der Waals surface area contributed by atoms with Crippen LogP contribution in [-0.4, -0.2) is 21.8 Å². The number of thiocarbonyl (C=S) groups is 1. The molecule has 0 unspecified atom stereocenters. The Labute approximate surface area is 185 Å². The highest BCUT2D eigenvalue weighted by Crippen LogP contribution is 2.39. The molecule has 0 spiro atoms. The van der Waals surface area contributed by atoms with Crippen molar-refractivity contribution in [3.8, 4) is 5.75 Å². The second-order valence-corrected chi connectivity index (χ2v) is 9.02. The third kappa shape index (κ3) is 4.16. The number of fused-ring (bicyclic) bond motifs is 2. The van der Waals surface area contributed by atoms with Gasteiger partial charge in [0, 0.05) is 28.6 Å². The molecule has 31 heavy (non-hydrogen) atoms. The van der Waals surface area contributed by atoms with E-state index >= 15 is 0 Å². The number of aromatic nitrogens is 1. The Kier molecular flexibility index (Phi) is 5.26. The lowest BCUT2D eigenvalue weighted by molar-refractivity contribution is 0.0699. The third-order valence-corrected chi connectivity index (χ3v) is 5.40. The lowest BCUT2D eigenvalue weighted by atomic mass is 9.75. The number of hydrogen-bond acceptors (Lipinski definition) is 6. The monoisotopic (exact) mass is 436 g/mol. The Morgan fingerprint density at radius 2 is 2.03 bits per heavy atom. The van der Waals surface area contributed by atoms with E-state index in [1.165, 1.54) is 0 Å². The number of pyridine rings is 1. The second kappa shape index (κ2) is 7.77. The lowest BCUT2D eigenvalue weighted by Crippen LogP contribution is -2.31. The summed E-state index contributed by atoms with van der Waals surface area (Å²) in [6.45, 7) is 7.96. The zero-order valence-electron chi connectivity index (χ0n) is 17.9. The predicted molar refractivity (Wildman–Crippen MR) is 123 cm³/mol. The first-order valence-corrected chi connectivity index (χ1v) is 10.4. The number of nitrogens with zero attached hydrogens (tertiary/aromatic N) is 2. The highest BCUT2D eigenvalue weighted by molar-refractivity contribution is 7.80. The van der Waals surface area contributed by atoms with Crippen LogP contribution >= 0.6 is 12.2 Å². The summed E-state index contributed by atoms with van der Waals surface area (Å²) in [7, 11) is 0. The van der Waals surface area contributed by atoms with Crippen LogP contribution in [0.25, 0.3) is 10.9 Å². The standard InChI is InChI=1S/C23H24N4O3S/c1-12-8-9-14-6-5-7-16(19(14)25-12)30-21(28)20-13(2)18-15(26-27-22(24)31)10-23(3,4)11-17(18)29-20/h5-9H,10-11H2,1-4H3,(H3,24,27,31)/b26-15-. The van der Waals surface area contributed by atoms with Gasteiger partial charge in [0.25, 0.3) is 0 Å². The number of furan rings is 1. The first-order valence-electron chi connectivity index (χ1n) is 9.98. The molecule has 1 aromatic carbocycles. The normalized spacial score (nSPS) is 16.2. The molecule has 2 heterocycles. The minimum atomic E-state index is -0.567. The fourth-order valence-electron chi connectivity index (χ4n) is 3.97. The highest BCUT2D eigenvalue weighted by atomic mass is 32.1.